The fourth-order valence-electron chi connectivity index (χ4n) is 1.22. The van der Waals surface area contributed by atoms with Gasteiger partial charge in [-0.05, 0) is 24.6 Å². The molecule has 3 amide bonds. The van der Waals surface area contributed by atoms with Crippen molar-refractivity contribution in [3.05, 3.63) is 29.6 Å². The van der Waals surface area contributed by atoms with E-state index in [0.717, 1.165) is 10.5 Å². The molecular formula is C11H14FN3O2. The molecule has 0 aliphatic carbocycles. The summed E-state index contributed by atoms with van der Waals surface area (Å²) in [5.74, 6) is -1.03. The van der Waals surface area contributed by atoms with Gasteiger partial charge in [0.25, 0.3) is 0 Å². The monoisotopic (exact) mass is 239 g/mol. The van der Waals surface area contributed by atoms with Crippen molar-refractivity contribution in [1.82, 2.24) is 4.90 Å². The third kappa shape index (κ3) is 3.75. The average Bonchev–Trinajstić information content (AvgIpc) is 2.23. The van der Waals surface area contributed by atoms with Crippen LogP contribution in [0.15, 0.2) is 18.2 Å². The van der Waals surface area contributed by atoms with E-state index in [1.54, 1.807) is 13.0 Å². The summed E-state index contributed by atoms with van der Waals surface area (Å²) in [5.41, 5.74) is 5.88. The fraction of sp³-hybridized carbons (Fsp3) is 0.273. The first-order valence-corrected chi connectivity index (χ1v) is 4.96. The molecule has 0 saturated carbocycles. The van der Waals surface area contributed by atoms with Crippen LogP contribution in [0.25, 0.3) is 0 Å². The van der Waals surface area contributed by atoms with Crippen LogP contribution < -0.4 is 11.1 Å². The first-order chi connectivity index (χ1) is 7.90. The highest BCUT2D eigenvalue weighted by molar-refractivity contribution is 5.94. The molecule has 1 aromatic carbocycles. The molecule has 3 N–H and O–H groups in total. The lowest BCUT2D eigenvalue weighted by Gasteiger charge is -2.14. The predicted molar refractivity (Wildman–Crippen MR) is 62.0 cm³/mol. The maximum atomic E-state index is 13.3. The number of rotatable bonds is 3. The van der Waals surface area contributed by atoms with Crippen molar-refractivity contribution in [2.75, 3.05) is 18.9 Å². The number of anilines is 1. The molecule has 0 aliphatic rings. The van der Waals surface area contributed by atoms with Crippen LogP contribution in [0.1, 0.15) is 5.56 Å². The van der Waals surface area contributed by atoms with Crippen LogP contribution in [0.4, 0.5) is 14.9 Å². The lowest BCUT2D eigenvalue weighted by Crippen LogP contribution is -2.38. The van der Waals surface area contributed by atoms with E-state index in [1.165, 1.54) is 19.2 Å². The van der Waals surface area contributed by atoms with Crippen LogP contribution in [0, 0.1) is 12.7 Å². The second-order valence-electron chi connectivity index (χ2n) is 3.73. The van der Waals surface area contributed by atoms with Crippen molar-refractivity contribution in [2.24, 2.45) is 5.73 Å². The minimum absolute atomic E-state index is 0.0906. The first-order valence-electron chi connectivity index (χ1n) is 4.96. The molecule has 1 rings (SSSR count). The van der Waals surface area contributed by atoms with Gasteiger partial charge in [0.1, 0.15) is 12.4 Å². The third-order valence-corrected chi connectivity index (χ3v) is 2.15. The molecular weight excluding hydrogens is 225 g/mol. The van der Waals surface area contributed by atoms with E-state index in [-0.39, 0.29) is 12.2 Å². The number of halogens is 1. The van der Waals surface area contributed by atoms with Crippen LogP contribution in [0.3, 0.4) is 0 Å². The lowest BCUT2D eigenvalue weighted by molar-refractivity contribution is -0.116. The second kappa shape index (κ2) is 5.29. The zero-order chi connectivity index (χ0) is 13.0. The Morgan fingerprint density at radius 1 is 1.47 bits per heavy atom. The molecule has 0 fully saturated rings. The number of urea groups is 1. The zero-order valence-electron chi connectivity index (χ0n) is 9.66. The molecule has 6 heteroatoms. The van der Waals surface area contributed by atoms with Gasteiger partial charge >= 0.3 is 6.03 Å². The number of benzene rings is 1. The number of nitrogens with one attached hydrogen (secondary N) is 1. The van der Waals surface area contributed by atoms with E-state index in [4.69, 9.17) is 5.73 Å². The number of aryl methyl sites for hydroxylation is 1. The van der Waals surface area contributed by atoms with Crippen molar-refractivity contribution in [3.63, 3.8) is 0 Å². The summed E-state index contributed by atoms with van der Waals surface area (Å²) in [6.07, 6.45) is 0. The largest absolute Gasteiger partial charge is 0.351 e. The zero-order valence-corrected chi connectivity index (χ0v) is 9.66. The van der Waals surface area contributed by atoms with Gasteiger partial charge in [-0.3, -0.25) is 4.79 Å². The number of carbonyl (C=O) groups is 2. The van der Waals surface area contributed by atoms with E-state index >= 15 is 0 Å². The maximum Gasteiger partial charge on any atom is 0.314 e. The van der Waals surface area contributed by atoms with Crippen molar-refractivity contribution in [2.45, 2.75) is 6.92 Å². The molecule has 0 spiro atoms. The summed E-state index contributed by atoms with van der Waals surface area (Å²) in [4.78, 5) is 23.2. The van der Waals surface area contributed by atoms with Gasteiger partial charge < -0.3 is 16.0 Å². The van der Waals surface area contributed by atoms with E-state index in [9.17, 15) is 14.0 Å². The average molecular weight is 239 g/mol. The highest BCUT2D eigenvalue weighted by Crippen LogP contribution is 2.15. The van der Waals surface area contributed by atoms with E-state index in [0.29, 0.717) is 0 Å². The quantitative estimate of drug-likeness (QED) is 0.828. The number of primary amides is 1. The minimum Gasteiger partial charge on any atom is -0.351 e. The maximum absolute atomic E-state index is 13.3. The van der Waals surface area contributed by atoms with Gasteiger partial charge in [-0.25, -0.2) is 9.18 Å². The Hall–Kier alpha value is -2.11. The van der Waals surface area contributed by atoms with Gasteiger partial charge in [-0.1, -0.05) is 6.07 Å². The molecule has 17 heavy (non-hydrogen) atoms. The summed E-state index contributed by atoms with van der Waals surface area (Å²) < 4.78 is 13.3. The number of likely N-dealkylation sites (N-methyl/N-ethyl adjacent to an activating group) is 1. The highest BCUT2D eigenvalue weighted by Gasteiger charge is 2.11. The summed E-state index contributed by atoms with van der Waals surface area (Å²) in [5, 5.41) is 2.37. The number of nitrogens with two attached hydrogens (primary N) is 1. The van der Waals surface area contributed by atoms with E-state index in [2.05, 4.69) is 5.32 Å². The minimum atomic E-state index is -0.718. The molecule has 0 saturated heterocycles. The van der Waals surface area contributed by atoms with Gasteiger partial charge in [0, 0.05) is 7.05 Å². The van der Waals surface area contributed by atoms with Gasteiger partial charge in [-0.15, -0.1) is 0 Å². The van der Waals surface area contributed by atoms with Crippen molar-refractivity contribution >= 4 is 17.6 Å². The Balaban J connectivity index is 2.68. The van der Waals surface area contributed by atoms with E-state index in [1.807, 2.05) is 0 Å². The topological polar surface area (TPSA) is 75.4 Å². The molecule has 0 radical (unpaired) electrons. The Labute approximate surface area is 98.4 Å². The van der Waals surface area contributed by atoms with Crippen molar-refractivity contribution in [3.8, 4) is 0 Å². The summed E-state index contributed by atoms with van der Waals surface area (Å²) in [6.45, 7) is 1.56. The SMILES string of the molecule is Cc1ccc(F)c(NC(=O)CN(C)C(N)=O)c1. The Bertz CT molecular complexity index is 448. The highest BCUT2D eigenvalue weighted by atomic mass is 19.1. The normalized spacial score (nSPS) is 9.82. The van der Waals surface area contributed by atoms with Crippen molar-refractivity contribution < 1.29 is 14.0 Å². The number of hydrogen-bond acceptors (Lipinski definition) is 2. The fourth-order valence-corrected chi connectivity index (χ4v) is 1.22. The number of hydrogen-bond donors (Lipinski definition) is 2. The molecule has 0 heterocycles. The summed E-state index contributed by atoms with van der Waals surface area (Å²) >= 11 is 0. The number of nitrogens with zero attached hydrogens (tertiary/aromatic N) is 1. The second-order valence-corrected chi connectivity index (χ2v) is 3.73. The third-order valence-electron chi connectivity index (χ3n) is 2.15. The van der Waals surface area contributed by atoms with Gasteiger partial charge in [-0.2, -0.15) is 0 Å². The lowest BCUT2D eigenvalue weighted by atomic mass is 10.2. The molecule has 92 valence electrons. The number of carbonyl (C=O) groups excluding carboxylic acids is 2. The molecule has 0 atom stereocenters. The first kappa shape index (κ1) is 13.0. The smallest absolute Gasteiger partial charge is 0.314 e. The van der Waals surface area contributed by atoms with Crippen LogP contribution in [-0.2, 0) is 4.79 Å². The predicted octanol–water partition coefficient (Wildman–Crippen LogP) is 1.08. The molecule has 0 bridgehead atoms. The summed E-state index contributed by atoms with van der Waals surface area (Å²) in [6, 6.07) is 3.66. The van der Waals surface area contributed by atoms with E-state index < -0.39 is 17.8 Å². The summed E-state index contributed by atoms with van der Waals surface area (Å²) in [7, 11) is 1.38. The van der Waals surface area contributed by atoms with Crippen LogP contribution in [0.2, 0.25) is 0 Å². The Morgan fingerprint density at radius 2 is 2.12 bits per heavy atom. The van der Waals surface area contributed by atoms with Crippen LogP contribution in [-0.4, -0.2) is 30.4 Å². The van der Waals surface area contributed by atoms with Crippen molar-refractivity contribution in [1.29, 1.82) is 0 Å². The molecule has 0 aromatic heterocycles. The Morgan fingerprint density at radius 3 is 2.71 bits per heavy atom. The standard InChI is InChI=1S/C11H14FN3O2/c1-7-3-4-8(12)9(5-7)14-10(16)6-15(2)11(13)17/h3-5H,6H2,1-2H3,(H2,13,17)(H,14,16). The molecule has 0 unspecified atom stereocenters. The number of amides is 3. The van der Waals surface area contributed by atoms with Crippen LogP contribution in [0.5, 0.6) is 0 Å². The van der Waals surface area contributed by atoms with Gasteiger partial charge in [0.05, 0.1) is 5.69 Å². The molecule has 1 aromatic rings. The Kier molecular flexibility index (Phi) is 4.03. The van der Waals surface area contributed by atoms with Crippen LogP contribution >= 0.6 is 0 Å². The van der Waals surface area contributed by atoms with Gasteiger partial charge in [0.2, 0.25) is 5.91 Å². The molecule has 5 nitrogen and oxygen atoms in total. The molecule has 0 aliphatic heterocycles. The van der Waals surface area contributed by atoms with Gasteiger partial charge in [0.15, 0.2) is 0 Å².